The van der Waals surface area contributed by atoms with Gasteiger partial charge in [-0.05, 0) is 54.4 Å². The fraction of sp³-hybridized carbons (Fsp3) is 0.720. The summed E-state index contributed by atoms with van der Waals surface area (Å²) in [5, 5.41) is 0. The molecule has 1 saturated heterocycles. The average molecular weight is 434 g/mol. The summed E-state index contributed by atoms with van der Waals surface area (Å²) in [5.74, 6) is 2.87. The van der Waals surface area contributed by atoms with E-state index in [2.05, 4.69) is 44.7 Å². The molecule has 2 heterocycles. The molecule has 3 unspecified atom stereocenters. The lowest BCUT2D eigenvalue weighted by atomic mass is 9.79. The summed E-state index contributed by atoms with van der Waals surface area (Å²) in [6, 6.07) is 4.41. The summed E-state index contributed by atoms with van der Waals surface area (Å²) >= 11 is 0. The lowest BCUT2D eigenvalue weighted by molar-refractivity contribution is -0.0544. The van der Waals surface area contributed by atoms with Crippen LogP contribution < -0.4 is 9.47 Å². The molecule has 6 heteroatoms. The third-order valence-corrected chi connectivity index (χ3v) is 6.50. The Morgan fingerprint density at radius 2 is 1.81 bits per heavy atom. The fourth-order valence-corrected chi connectivity index (χ4v) is 4.92. The molecule has 0 bridgehead atoms. The van der Waals surface area contributed by atoms with E-state index >= 15 is 0 Å². The number of piperidine rings is 1. The number of carbonyl (C=O) groups excluding carboxylic acids is 1. The lowest BCUT2D eigenvalue weighted by Crippen LogP contribution is -2.49. The van der Waals surface area contributed by atoms with Gasteiger partial charge in [0.15, 0.2) is 11.5 Å². The molecule has 0 saturated carbocycles. The van der Waals surface area contributed by atoms with E-state index in [-0.39, 0.29) is 12.1 Å². The van der Waals surface area contributed by atoms with Gasteiger partial charge >= 0.3 is 6.16 Å². The molecular formula is C25H39NO5. The summed E-state index contributed by atoms with van der Waals surface area (Å²) in [7, 11) is 3.34. The highest BCUT2D eigenvalue weighted by atomic mass is 16.7. The first-order chi connectivity index (χ1) is 14.8. The standard InChI is InChI=1S/C25H39NO5/c1-16(2)8-10-30-25(27)31-22-14-21-20-13-24(29-6)23(28-5)12-18(20)7-9-26(21)15-19(22)11-17(3)4/h12-13,16-17,19,21-22H,7-11,14-15H2,1-6H3. The summed E-state index contributed by atoms with van der Waals surface area (Å²) in [5.41, 5.74) is 2.55. The van der Waals surface area contributed by atoms with Crippen molar-refractivity contribution >= 4 is 6.16 Å². The molecule has 0 radical (unpaired) electrons. The first-order valence-corrected chi connectivity index (χ1v) is 11.6. The van der Waals surface area contributed by atoms with Crippen LogP contribution >= 0.6 is 0 Å². The van der Waals surface area contributed by atoms with Crippen LogP contribution in [-0.2, 0) is 15.9 Å². The lowest BCUT2D eigenvalue weighted by Gasteiger charge is -2.47. The highest BCUT2D eigenvalue weighted by Gasteiger charge is 2.41. The molecule has 3 rings (SSSR count). The van der Waals surface area contributed by atoms with Crippen molar-refractivity contribution in [3.8, 4) is 11.5 Å². The topological polar surface area (TPSA) is 57.2 Å². The van der Waals surface area contributed by atoms with Gasteiger partial charge in [-0.2, -0.15) is 0 Å². The first kappa shape index (κ1) is 23.7. The number of carbonyl (C=O) groups is 1. The molecule has 2 aliphatic heterocycles. The number of hydrogen-bond acceptors (Lipinski definition) is 6. The Balaban J connectivity index is 1.78. The molecular weight excluding hydrogens is 394 g/mol. The number of rotatable bonds is 8. The van der Waals surface area contributed by atoms with Crippen LogP contribution in [0.2, 0.25) is 0 Å². The molecule has 1 aromatic rings. The van der Waals surface area contributed by atoms with Crippen LogP contribution in [0.3, 0.4) is 0 Å². The molecule has 1 fully saturated rings. The monoisotopic (exact) mass is 433 g/mol. The van der Waals surface area contributed by atoms with Crippen LogP contribution in [0.25, 0.3) is 0 Å². The number of nitrogens with zero attached hydrogens (tertiary/aromatic N) is 1. The molecule has 0 aliphatic carbocycles. The number of fused-ring (bicyclic) bond motifs is 3. The van der Waals surface area contributed by atoms with Crippen LogP contribution in [-0.4, -0.2) is 51.1 Å². The molecule has 3 atom stereocenters. The molecule has 174 valence electrons. The van der Waals surface area contributed by atoms with Crippen molar-refractivity contribution in [2.45, 2.75) is 65.5 Å². The van der Waals surface area contributed by atoms with Crippen molar-refractivity contribution in [2.24, 2.45) is 17.8 Å². The normalized spacial score (nSPS) is 23.3. The molecule has 0 N–H and O–H groups in total. The Hall–Kier alpha value is -1.95. The van der Waals surface area contributed by atoms with Crippen molar-refractivity contribution in [1.82, 2.24) is 4.90 Å². The molecule has 0 amide bonds. The van der Waals surface area contributed by atoms with Crippen molar-refractivity contribution < 1.29 is 23.7 Å². The van der Waals surface area contributed by atoms with Gasteiger partial charge in [-0.3, -0.25) is 4.90 Å². The van der Waals surface area contributed by atoms with Gasteiger partial charge in [-0.1, -0.05) is 27.7 Å². The number of ether oxygens (including phenoxy) is 4. The molecule has 1 aromatic carbocycles. The zero-order chi connectivity index (χ0) is 22.5. The smallest absolute Gasteiger partial charge is 0.493 e. The maximum atomic E-state index is 12.4. The number of benzene rings is 1. The van der Waals surface area contributed by atoms with Crippen LogP contribution in [0.1, 0.15) is 64.1 Å². The maximum absolute atomic E-state index is 12.4. The fourth-order valence-electron chi connectivity index (χ4n) is 4.92. The highest BCUT2D eigenvalue weighted by Crippen LogP contribution is 2.44. The van der Waals surface area contributed by atoms with Crippen molar-refractivity contribution in [2.75, 3.05) is 33.9 Å². The predicted octanol–water partition coefficient (Wildman–Crippen LogP) is 5.24. The van der Waals surface area contributed by atoms with E-state index in [9.17, 15) is 4.79 Å². The molecule has 2 aliphatic rings. The Morgan fingerprint density at radius 3 is 2.45 bits per heavy atom. The van der Waals surface area contributed by atoms with E-state index in [4.69, 9.17) is 18.9 Å². The van der Waals surface area contributed by atoms with Gasteiger partial charge < -0.3 is 18.9 Å². The van der Waals surface area contributed by atoms with E-state index in [0.717, 1.165) is 50.3 Å². The van der Waals surface area contributed by atoms with Gasteiger partial charge in [0.25, 0.3) is 0 Å². The summed E-state index contributed by atoms with van der Waals surface area (Å²) in [6.07, 6.45) is 2.97. The zero-order valence-corrected chi connectivity index (χ0v) is 20.0. The van der Waals surface area contributed by atoms with Crippen molar-refractivity contribution in [3.05, 3.63) is 23.3 Å². The van der Waals surface area contributed by atoms with E-state index in [1.165, 1.54) is 11.1 Å². The minimum Gasteiger partial charge on any atom is -0.493 e. The minimum atomic E-state index is -0.531. The van der Waals surface area contributed by atoms with Gasteiger partial charge in [0.05, 0.1) is 20.8 Å². The van der Waals surface area contributed by atoms with Crippen LogP contribution in [0.15, 0.2) is 12.1 Å². The Bertz CT molecular complexity index is 748. The van der Waals surface area contributed by atoms with Crippen LogP contribution in [0.5, 0.6) is 11.5 Å². The summed E-state index contributed by atoms with van der Waals surface area (Å²) in [6.45, 7) is 11.0. The van der Waals surface area contributed by atoms with Gasteiger partial charge in [0, 0.05) is 31.5 Å². The molecule has 0 spiro atoms. The second-order valence-corrected chi connectivity index (χ2v) is 9.73. The Kier molecular flexibility index (Phi) is 8.09. The molecule has 31 heavy (non-hydrogen) atoms. The quantitative estimate of drug-likeness (QED) is 0.523. The van der Waals surface area contributed by atoms with E-state index < -0.39 is 6.16 Å². The van der Waals surface area contributed by atoms with Gasteiger partial charge in [-0.15, -0.1) is 0 Å². The van der Waals surface area contributed by atoms with E-state index in [1.54, 1.807) is 14.2 Å². The Labute approximate surface area is 187 Å². The SMILES string of the molecule is COc1cc2c(cc1OC)C1CC(OC(=O)OCCC(C)C)C(CC(C)C)CN1CC2. The number of hydrogen-bond donors (Lipinski definition) is 0. The minimum absolute atomic E-state index is 0.144. The van der Waals surface area contributed by atoms with E-state index in [1.807, 2.05) is 0 Å². The van der Waals surface area contributed by atoms with Gasteiger partial charge in [0.2, 0.25) is 0 Å². The maximum Gasteiger partial charge on any atom is 0.508 e. The first-order valence-electron chi connectivity index (χ1n) is 11.6. The largest absolute Gasteiger partial charge is 0.508 e. The highest BCUT2D eigenvalue weighted by molar-refractivity contribution is 5.60. The predicted molar refractivity (Wildman–Crippen MR) is 121 cm³/mol. The zero-order valence-electron chi connectivity index (χ0n) is 20.0. The second-order valence-electron chi connectivity index (χ2n) is 9.73. The van der Waals surface area contributed by atoms with Crippen molar-refractivity contribution in [3.63, 3.8) is 0 Å². The molecule has 0 aromatic heterocycles. The summed E-state index contributed by atoms with van der Waals surface area (Å²) < 4.78 is 22.3. The Morgan fingerprint density at radius 1 is 1.10 bits per heavy atom. The van der Waals surface area contributed by atoms with Crippen molar-refractivity contribution in [1.29, 1.82) is 0 Å². The summed E-state index contributed by atoms with van der Waals surface area (Å²) in [4.78, 5) is 15.0. The van der Waals surface area contributed by atoms with Crippen LogP contribution in [0, 0.1) is 17.8 Å². The van der Waals surface area contributed by atoms with Gasteiger partial charge in [0.1, 0.15) is 6.10 Å². The third kappa shape index (κ3) is 5.85. The second kappa shape index (κ2) is 10.6. The third-order valence-electron chi connectivity index (χ3n) is 6.50. The van der Waals surface area contributed by atoms with E-state index in [0.29, 0.717) is 24.4 Å². The van der Waals surface area contributed by atoms with Gasteiger partial charge in [-0.25, -0.2) is 4.79 Å². The molecule has 6 nitrogen and oxygen atoms in total. The number of methoxy groups -OCH3 is 2. The van der Waals surface area contributed by atoms with Crippen LogP contribution in [0.4, 0.5) is 4.79 Å². The average Bonchev–Trinajstić information content (AvgIpc) is 2.72.